The van der Waals surface area contributed by atoms with Crippen LogP contribution in [0.25, 0.3) is 0 Å². The number of benzene rings is 2. The second kappa shape index (κ2) is 7.45. The lowest BCUT2D eigenvalue weighted by Gasteiger charge is -2.10. The van der Waals surface area contributed by atoms with E-state index in [4.69, 9.17) is 35.4 Å². The lowest BCUT2D eigenvalue weighted by Crippen LogP contribution is -2.25. The summed E-state index contributed by atoms with van der Waals surface area (Å²) in [7, 11) is 0. The van der Waals surface area contributed by atoms with Crippen LogP contribution >= 0.6 is 35.4 Å². The van der Waals surface area contributed by atoms with Crippen molar-refractivity contribution >= 4 is 51.9 Å². The first kappa shape index (κ1) is 16.5. The zero-order valence-corrected chi connectivity index (χ0v) is 13.9. The van der Waals surface area contributed by atoms with Gasteiger partial charge in [-0.3, -0.25) is 5.43 Å². The fourth-order valence-corrected chi connectivity index (χ4v) is 2.25. The van der Waals surface area contributed by atoms with Gasteiger partial charge in [0.15, 0.2) is 5.11 Å². The Hall–Kier alpha value is -1.82. The van der Waals surface area contributed by atoms with Gasteiger partial charge in [-0.1, -0.05) is 23.2 Å². The summed E-state index contributed by atoms with van der Waals surface area (Å²) in [6, 6.07) is 11.8. The summed E-state index contributed by atoms with van der Waals surface area (Å²) in [5.74, 6) is 0.207. The SMILES string of the molecule is C/C(=N/NC(=S)Nc1ccc(Cl)cc1Cl)c1ccc(O)cc1. The summed E-state index contributed by atoms with van der Waals surface area (Å²) in [4.78, 5) is 0. The van der Waals surface area contributed by atoms with Gasteiger partial charge >= 0.3 is 0 Å². The molecule has 0 amide bonds. The highest BCUT2D eigenvalue weighted by atomic mass is 35.5. The largest absolute Gasteiger partial charge is 0.508 e. The quantitative estimate of drug-likeness (QED) is 0.434. The Morgan fingerprint density at radius 2 is 1.82 bits per heavy atom. The normalized spacial score (nSPS) is 11.1. The van der Waals surface area contributed by atoms with Gasteiger partial charge in [0.2, 0.25) is 0 Å². The Kier molecular flexibility index (Phi) is 5.60. The van der Waals surface area contributed by atoms with Crippen molar-refractivity contribution in [1.29, 1.82) is 0 Å². The van der Waals surface area contributed by atoms with E-state index in [0.29, 0.717) is 20.8 Å². The summed E-state index contributed by atoms with van der Waals surface area (Å²) < 4.78 is 0. The number of hydrazone groups is 1. The van der Waals surface area contributed by atoms with Crippen LogP contribution in [-0.2, 0) is 0 Å². The molecule has 114 valence electrons. The summed E-state index contributed by atoms with van der Waals surface area (Å²) in [6.45, 7) is 1.83. The molecule has 4 nitrogen and oxygen atoms in total. The molecule has 0 saturated carbocycles. The Morgan fingerprint density at radius 1 is 1.14 bits per heavy atom. The van der Waals surface area contributed by atoms with E-state index in [1.165, 1.54) is 0 Å². The second-order valence-corrected chi connectivity index (χ2v) is 5.69. The topological polar surface area (TPSA) is 56.7 Å². The van der Waals surface area contributed by atoms with Gasteiger partial charge < -0.3 is 10.4 Å². The summed E-state index contributed by atoms with van der Waals surface area (Å²) in [5.41, 5.74) is 4.98. The molecule has 2 aromatic carbocycles. The van der Waals surface area contributed by atoms with E-state index in [-0.39, 0.29) is 5.75 Å². The first-order valence-corrected chi connectivity index (χ1v) is 7.48. The van der Waals surface area contributed by atoms with Gasteiger partial charge in [-0.2, -0.15) is 5.10 Å². The zero-order chi connectivity index (χ0) is 16.1. The fourth-order valence-electron chi connectivity index (χ4n) is 1.64. The van der Waals surface area contributed by atoms with Gasteiger partial charge in [0.05, 0.1) is 16.4 Å². The summed E-state index contributed by atoms with van der Waals surface area (Å²) >= 11 is 17.0. The van der Waals surface area contributed by atoms with Crippen LogP contribution in [0.3, 0.4) is 0 Å². The van der Waals surface area contributed by atoms with Crippen molar-refractivity contribution in [1.82, 2.24) is 5.43 Å². The molecule has 0 unspecified atom stereocenters. The van der Waals surface area contributed by atoms with Gasteiger partial charge in [0.1, 0.15) is 5.75 Å². The van der Waals surface area contributed by atoms with E-state index in [1.807, 2.05) is 6.92 Å². The van der Waals surface area contributed by atoms with E-state index >= 15 is 0 Å². The molecule has 0 heterocycles. The standard InChI is InChI=1S/C15H13Cl2N3OS/c1-9(10-2-5-12(21)6-3-10)19-20-15(22)18-14-7-4-11(16)8-13(14)17/h2-8,21H,1H3,(H2,18,20,22)/b19-9-. The van der Waals surface area contributed by atoms with Crippen molar-refractivity contribution in [2.75, 3.05) is 5.32 Å². The fraction of sp³-hybridized carbons (Fsp3) is 0.0667. The number of nitrogens with one attached hydrogen (secondary N) is 2. The van der Waals surface area contributed by atoms with Crippen LogP contribution in [0.5, 0.6) is 5.75 Å². The number of phenols is 1. The minimum absolute atomic E-state index is 0.207. The predicted molar refractivity (Wildman–Crippen MR) is 96.1 cm³/mol. The molecule has 0 aliphatic carbocycles. The van der Waals surface area contributed by atoms with E-state index in [9.17, 15) is 5.11 Å². The van der Waals surface area contributed by atoms with E-state index in [2.05, 4.69) is 15.8 Å². The third-order valence-corrected chi connectivity index (χ3v) is 3.53. The molecule has 0 aliphatic rings. The minimum Gasteiger partial charge on any atom is -0.508 e. The van der Waals surface area contributed by atoms with Gasteiger partial charge in [-0.15, -0.1) is 0 Å². The van der Waals surface area contributed by atoms with Crippen LogP contribution in [0, 0.1) is 0 Å². The maximum absolute atomic E-state index is 9.26. The van der Waals surface area contributed by atoms with E-state index in [0.717, 1.165) is 11.3 Å². The highest BCUT2D eigenvalue weighted by Gasteiger charge is 2.03. The van der Waals surface area contributed by atoms with Crippen molar-refractivity contribution in [2.24, 2.45) is 5.10 Å². The van der Waals surface area contributed by atoms with Gasteiger partial charge in [-0.25, -0.2) is 0 Å². The molecule has 0 atom stereocenters. The molecule has 2 aromatic rings. The minimum atomic E-state index is 0.207. The molecule has 0 saturated heterocycles. The van der Waals surface area contributed by atoms with Gasteiger partial charge in [0, 0.05) is 5.02 Å². The number of rotatable bonds is 3. The van der Waals surface area contributed by atoms with Crippen molar-refractivity contribution < 1.29 is 5.11 Å². The van der Waals surface area contributed by atoms with Gasteiger partial charge in [-0.05, 0) is 67.2 Å². The summed E-state index contributed by atoms with van der Waals surface area (Å²) in [5, 5.41) is 17.7. The molecule has 0 spiro atoms. The number of hydrogen-bond acceptors (Lipinski definition) is 3. The Bertz CT molecular complexity index is 717. The number of nitrogens with zero attached hydrogens (tertiary/aromatic N) is 1. The van der Waals surface area contributed by atoms with Crippen LogP contribution in [0.15, 0.2) is 47.6 Å². The predicted octanol–water partition coefficient (Wildman–Crippen LogP) is 4.41. The molecular weight excluding hydrogens is 341 g/mol. The first-order chi connectivity index (χ1) is 10.5. The molecule has 3 N–H and O–H groups in total. The lowest BCUT2D eigenvalue weighted by molar-refractivity contribution is 0.475. The molecule has 0 bridgehead atoms. The lowest BCUT2D eigenvalue weighted by atomic mass is 10.1. The van der Waals surface area contributed by atoms with Crippen LogP contribution < -0.4 is 10.7 Å². The molecule has 2 rings (SSSR count). The highest BCUT2D eigenvalue weighted by molar-refractivity contribution is 7.80. The third kappa shape index (κ3) is 4.59. The molecule has 0 aliphatic heterocycles. The maximum atomic E-state index is 9.26. The van der Waals surface area contributed by atoms with Crippen LogP contribution in [0.4, 0.5) is 5.69 Å². The summed E-state index contributed by atoms with van der Waals surface area (Å²) in [6.07, 6.45) is 0. The van der Waals surface area contributed by atoms with E-state index < -0.39 is 0 Å². The van der Waals surface area contributed by atoms with E-state index in [1.54, 1.807) is 42.5 Å². The number of phenolic OH excluding ortho intramolecular Hbond substituents is 1. The Labute approximate surface area is 143 Å². The van der Waals surface area contributed by atoms with Crippen LogP contribution in [0.1, 0.15) is 12.5 Å². The molecule has 0 aromatic heterocycles. The van der Waals surface area contributed by atoms with Crippen LogP contribution in [-0.4, -0.2) is 15.9 Å². The van der Waals surface area contributed by atoms with Crippen molar-refractivity contribution in [3.63, 3.8) is 0 Å². The number of thiocarbonyl (C=S) groups is 1. The molecule has 0 fully saturated rings. The maximum Gasteiger partial charge on any atom is 0.191 e. The molecule has 0 radical (unpaired) electrons. The zero-order valence-electron chi connectivity index (χ0n) is 11.6. The monoisotopic (exact) mass is 353 g/mol. The third-order valence-electron chi connectivity index (χ3n) is 2.79. The first-order valence-electron chi connectivity index (χ1n) is 6.31. The average molecular weight is 354 g/mol. The average Bonchev–Trinajstić information content (AvgIpc) is 2.48. The molecular formula is C15H13Cl2N3OS. The number of halogens is 2. The van der Waals surface area contributed by atoms with Crippen LogP contribution in [0.2, 0.25) is 10.0 Å². The van der Waals surface area contributed by atoms with Crippen molar-refractivity contribution in [3.05, 3.63) is 58.1 Å². The molecule has 7 heteroatoms. The van der Waals surface area contributed by atoms with Crippen molar-refractivity contribution in [2.45, 2.75) is 6.92 Å². The highest BCUT2D eigenvalue weighted by Crippen LogP contribution is 2.25. The Morgan fingerprint density at radius 3 is 2.45 bits per heavy atom. The van der Waals surface area contributed by atoms with Crippen molar-refractivity contribution in [3.8, 4) is 5.75 Å². The smallest absolute Gasteiger partial charge is 0.191 e. The van der Waals surface area contributed by atoms with Gasteiger partial charge in [0.25, 0.3) is 0 Å². The number of hydrogen-bond donors (Lipinski definition) is 3. The molecule has 22 heavy (non-hydrogen) atoms. The Balaban J connectivity index is 1.99. The number of anilines is 1. The number of aromatic hydroxyl groups is 1. The second-order valence-electron chi connectivity index (χ2n) is 4.43.